The van der Waals surface area contributed by atoms with Gasteiger partial charge in [0.2, 0.25) is 5.66 Å². The maximum atomic E-state index is 14.4. The zero-order chi connectivity index (χ0) is 24.5. The summed E-state index contributed by atoms with van der Waals surface area (Å²) in [4.78, 5) is 31.8. The number of amides is 2. The summed E-state index contributed by atoms with van der Waals surface area (Å²) < 4.78 is 0. The molecule has 2 amide bonds. The lowest BCUT2D eigenvalue weighted by Gasteiger charge is -2.45. The number of benzene rings is 4. The SMILES string of the molecule is O=C1c2ccccc2NC2(C(=O)N(CC=Cc3ccccc3)c3ccccc32)N1Cc1ccccc1. The molecule has 1 spiro atoms. The zero-order valence-corrected chi connectivity index (χ0v) is 19.7. The first-order chi connectivity index (χ1) is 17.7. The van der Waals surface area contributed by atoms with Crippen LogP contribution in [-0.2, 0) is 17.0 Å². The molecule has 36 heavy (non-hydrogen) atoms. The summed E-state index contributed by atoms with van der Waals surface area (Å²) in [5, 5.41) is 3.51. The van der Waals surface area contributed by atoms with Crippen LogP contribution in [0.4, 0.5) is 11.4 Å². The van der Waals surface area contributed by atoms with Gasteiger partial charge in [0.05, 0.1) is 11.3 Å². The normalized spacial score (nSPS) is 18.4. The topological polar surface area (TPSA) is 52.7 Å². The Morgan fingerprint density at radius 2 is 1.42 bits per heavy atom. The van der Waals surface area contributed by atoms with Crippen LogP contribution in [0.3, 0.4) is 0 Å². The fourth-order valence-electron chi connectivity index (χ4n) is 5.15. The standard InChI is InChI=1S/C31H25N3O2/c35-29-25-17-7-9-19-27(25)32-31(34(29)22-24-14-5-2-6-15-24)26-18-8-10-20-28(26)33(30(31)36)21-11-16-23-12-3-1-4-13-23/h1-20,32H,21-22H2. The Morgan fingerprint density at radius 1 is 0.750 bits per heavy atom. The van der Waals surface area contributed by atoms with E-state index in [9.17, 15) is 9.59 Å². The Balaban J connectivity index is 1.46. The van der Waals surface area contributed by atoms with Crippen LogP contribution in [0.5, 0.6) is 0 Å². The molecular formula is C31H25N3O2. The number of rotatable bonds is 5. The molecule has 2 aliphatic heterocycles. The Hall–Kier alpha value is -4.64. The summed E-state index contributed by atoms with van der Waals surface area (Å²) in [5.41, 5.74) is 3.50. The first kappa shape index (κ1) is 21.9. The van der Waals surface area contributed by atoms with Crippen LogP contribution in [0.1, 0.15) is 27.0 Å². The lowest BCUT2D eigenvalue weighted by Crippen LogP contribution is -2.62. The van der Waals surface area contributed by atoms with E-state index in [0.717, 1.165) is 22.4 Å². The van der Waals surface area contributed by atoms with Gasteiger partial charge in [-0.2, -0.15) is 0 Å². The fraction of sp³-hybridized carbons (Fsp3) is 0.0968. The number of fused-ring (bicyclic) bond motifs is 3. The molecule has 0 saturated carbocycles. The summed E-state index contributed by atoms with van der Waals surface area (Å²) in [6.45, 7) is 0.692. The number of nitrogens with zero attached hydrogens (tertiary/aromatic N) is 2. The van der Waals surface area contributed by atoms with Crippen LogP contribution >= 0.6 is 0 Å². The first-order valence-electron chi connectivity index (χ1n) is 12.0. The molecular weight excluding hydrogens is 446 g/mol. The number of para-hydroxylation sites is 2. The van der Waals surface area contributed by atoms with Crippen molar-refractivity contribution in [2.75, 3.05) is 16.8 Å². The summed E-state index contributed by atoms with van der Waals surface area (Å²) in [7, 11) is 0. The van der Waals surface area contributed by atoms with Gasteiger partial charge < -0.3 is 10.2 Å². The molecule has 4 aromatic rings. The van der Waals surface area contributed by atoms with E-state index in [4.69, 9.17) is 0 Å². The van der Waals surface area contributed by atoms with Crippen molar-refractivity contribution in [3.8, 4) is 0 Å². The Morgan fingerprint density at radius 3 is 2.22 bits per heavy atom. The van der Waals surface area contributed by atoms with Crippen LogP contribution in [0.15, 0.2) is 115 Å². The highest BCUT2D eigenvalue weighted by Crippen LogP contribution is 2.48. The lowest BCUT2D eigenvalue weighted by molar-refractivity contribution is -0.127. The predicted octanol–water partition coefficient (Wildman–Crippen LogP) is 5.67. The highest BCUT2D eigenvalue weighted by atomic mass is 16.2. The van der Waals surface area contributed by atoms with Gasteiger partial charge in [-0.3, -0.25) is 14.5 Å². The predicted molar refractivity (Wildman–Crippen MR) is 142 cm³/mol. The molecule has 176 valence electrons. The third-order valence-corrected chi connectivity index (χ3v) is 6.84. The number of anilines is 2. The number of hydrogen-bond donors (Lipinski definition) is 1. The van der Waals surface area contributed by atoms with Gasteiger partial charge in [0.1, 0.15) is 0 Å². The van der Waals surface area contributed by atoms with Gasteiger partial charge in [0.25, 0.3) is 11.8 Å². The van der Waals surface area contributed by atoms with E-state index in [1.807, 2.05) is 115 Å². The van der Waals surface area contributed by atoms with E-state index < -0.39 is 5.66 Å². The van der Waals surface area contributed by atoms with Crippen molar-refractivity contribution in [3.63, 3.8) is 0 Å². The average Bonchev–Trinajstić information content (AvgIpc) is 3.15. The monoisotopic (exact) mass is 471 g/mol. The molecule has 1 N–H and O–H groups in total. The summed E-state index contributed by atoms with van der Waals surface area (Å²) in [6, 6.07) is 34.9. The van der Waals surface area contributed by atoms with Crippen LogP contribution in [0.2, 0.25) is 0 Å². The van der Waals surface area contributed by atoms with Crippen LogP contribution in [0, 0.1) is 0 Å². The molecule has 0 aromatic heterocycles. The molecule has 4 aromatic carbocycles. The van der Waals surface area contributed by atoms with E-state index >= 15 is 0 Å². The lowest BCUT2D eigenvalue weighted by atomic mass is 9.92. The van der Waals surface area contributed by atoms with Crippen molar-refractivity contribution < 1.29 is 9.59 Å². The number of carbonyl (C=O) groups excluding carboxylic acids is 2. The maximum absolute atomic E-state index is 14.4. The smallest absolute Gasteiger partial charge is 0.279 e. The van der Waals surface area contributed by atoms with Crippen molar-refractivity contribution in [3.05, 3.63) is 138 Å². The molecule has 5 nitrogen and oxygen atoms in total. The second-order valence-corrected chi connectivity index (χ2v) is 9.00. The van der Waals surface area contributed by atoms with Crippen molar-refractivity contribution >= 4 is 29.3 Å². The largest absolute Gasteiger partial charge is 0.350 e. The third kappa shape index (κ3) is 3.48. The molecule has 0 radical (unpaired) electrons. The Bertz CT molecular complexity index is 1470. The summed E-state index contributed by atoms with van der Waals surface area (Å²) in [6.07, 6.45) is 4.00. The van der Waals surface area contributed by atoms with Gasteiger partial charge in [-0.25, -0.2) is 0 Å². The van der Waals surface area contributed by atoms with E-state index in [-0.39, 0.29) is 11.8 Å². The van der Waals surface area contributed by atoms with Crippen molar-refractivity contribution in [2.45, 2.75) is 12.2 Å². The zero-order valence-electron chi connectivity index (χ0n) is 19.7. The van der Waals surface area contributed by atoms with Crippen molar-refractivity contribution in [1.82, 2.24) is 4.90 Å². The van der Waals surface area contributed by atoms with Gasteiger partial charge in [0.15, 0.2) is 0 Å². The first-order valence-corrected chi connectivity index (χ1v) is 12.0. The molecule has 0 bridgehead atoms. The second kappa shape index (κ2) is 8.86. The minimum absolute atomic E-state index is 0.166. The summed E-state index contributed by atoms with van der Waals surface area (Å²) in [5.74, 6) is -0.335. The molecule has 0 saturated heterocycles. The maximum Gasteiger partial charge on any atom is 0.279 e. The molecule has 6 rings (SSSR count). The van der Waals surface area contributed by atoms with Gasteiger partial charge in [-0.15, -0.1) is 0 Å². The number of hydrogen-bond acceptors (Lipinski definition) is 3. The van der Waals surface area contributed by atoms with Crippen LogP contribution in [0.25, 0.3) is 6.08 Å². The van der Waals surface area contributed by atoms with E-state index in [2.05, 4.69) is 5.32 Å². The Labute approximate surface area is 210 Å². The van der Waals surface area contributed by atoms with Gasteiger partial charge >= 0.3 is 0 Å². The van der Waals surface area contributed by atoms with E-state index in [0.29, 0.717) is 24.3 Å². The highest BCUT2D eigenvalue weighted by molar-refractivity contribution is 6.15. The summed E-state index contributed by atoms with van der Waals surface area (Å²) >= 11 is 0. The minimum Gasteiger partial charge on any atom is -0.350 e. The second-order valence-electron chi connectivity index (χ2n) is 9.00. The fourth-order valence-corrected chi connectivity index (χ4v) is 5.15. The van der Waals surface area contributed by atoms with Crippen molar-refractivity contribution in [2.24, 2.45) is 0 Å². The van der Waals surface area contributed by atoms with Crippen LogP contribution < -0.4 is 10.2 Å². The highest BCUT2D eigenvalue weighted by Gasteiger charge is 2.58. The molecule has 1 atom stereocenters. The third-order valence-electron chi connectivity index (χ3n) is 6.84. The average molecular weight is 472 g/mol. The number of carbonyl (C=O) groups is 2. The molecule has 5 heteroatoms. The van der Waals surface area contributed by atoms with E-state index in [1.165, 1.54) is 0 Å². The molecule has 2 heterocycles. The van der Waals surface area contributed by atoms with Gasteiger partial charge in [0, 0.05) is 24.3 Å². The molecule has 0 aliphatic carbocycles. The van der Waals surface area contributed by atoms with E-state index in [1.54, 1.807) is 15.9 Å². The number of nitrogens with one attached hydrogen (secondary N) is 1. The molecule has 2 aliphatic rings. The van der Waals surface area contributed by atoms with Gasteiger partial charge in [-0.1, -0.05) is 103 Å². The molecule has 0 fully saturated rings. The quantitative estimate of drug-likeness (QED) is 0.408. The Kier molecular flexibility index (Phi) is 5.38. The minimum atomic E-state index is -1.33. The van der Waals surface area contributed by atoms with Crippen molar-refractivity contribution in [1.29, 1.82) is 0 Å². The van der Waals surface area contributed by atoms with Crippen LogP contribution in [-0.4, -0.2) is 23.3 Å². The van der Waals surface area contributed by atoms with Gasteiger partial charge in [-0.05, 0) is 29.3 Å². The molecule has 1 unspecified atom stereocenters.